The molecule has 0 fully saturated rings. The molecule has 0 aromatic rings. The monoisotopic (exact) mass is 308 g/mol. The van der Waals surface area contributed by atoms with Gasteiger partial charge in [0, 0.05) is 0 Å². The Labute approximate surface area is 96.9 Å². The molecule has 1 unspecified atom stereocenters. The second kappa shape index (κ2) is 5.17. The number of hydrogen-bond donors (Lipinski definition) is 0. The van der Waals surface area contributed by atoms with E-state index in [4.69, 9.17) is 0 Å². The molecule has 0 aliphatic carbocycles. The molecule has 0 bridgehead atoms. The van der Waals surface area contributed by atoms with Crippen molar-refractivity contribution >= 4 is 10.2 Å². The lowest BCUT2D eigenvalue weighted by atomic mass is 10.3. The molecule has 0 amide bonds. The quantitative estimate of drug-likeness (QED) is 0.411. The molecule has 0 radical (unpaired) electrons. The van der Waals surface area contributed by atoms with Gasteiger partial charge in [0.1, 0.15) is 0 Å². The lowest BCUT2D eigenvalue weighted by Crippen LogP contribution is -2.61. The van der Waals surface area contributed by atoms with E-state index in [1.807, 2.05) is 0 Å². The maximum Gasteiger partial charge on any atom is 0.445 e. The standard InChI is InChI=1S/C6H7F7O4S/c1-2-16-6(12,17-3-7)4(8,9)5(10,11)18(13,14)15/h2-3H2,1H3. The average Bonchev–Trinajstić information content (AvgIpc) is 2.16. The van der Waals surface area contributed by atoms with E-state index in [9.17, 15) is 38.6 Å². The highest BCUT2D eigenvalue weighted by Crippen LogP contribution is 2.49. The Bertz CT molecular complexity index is 375. The number of rotatable bonds is 7. The van der Waals surface area contributed by atoms with Gasteiger partial charge in [0.25, 0.3) is 0 Å². The Balaban J connectivity index is 5.71. The first kappa shape index (κ1) is 17.4. The topological polar surface area (TPSA) is 52.6 Å². The zero-order valence-corrected chi connectivity index (χ0v) is 9.42. The van der Waals surface area contributed by atoms with Gasteiger partial charge in [-0.3, -0.25) is 4.74 Å². The summed E-state index contributed by atoms with van der Waals surface area (Å²) in [4.78, 5) is 0. The molecule has 0 aromatic carbocycles. The van der Waals surface area contributed by atoms with Crippen LogP contribution in [-0.2, 0) is 19.7 Å². The Morgan fingerprint density at radius 3 is 1.78 bits per heavy atom. The van der Waals surface area contributed by atoms with Gasteiger partial charge < -0.3 is 4.74 Å². The van der Waals surface area contributed by atoms with Crippen LogP contribution < -0.4 is 0 Å². The second-order valence-corrected chi connectivity index (χ2v) is 4.14. The van der Waals surface area contributed by atoms with Crippen molar-refractivity contribution in [1.29, 1.82) is 0 Å². The van der Waals surface area contributed by atoms with Crippen LogP contribution in [0.25, 0.3) is 0 Å². The summed E-state index contributed by atoms with van der Waals surface area (Å²) in [5, 5.41) is -6.50. The zero-order valence-electron chi connectivity index (χ0n) is 8.60. The van der Waals surface area contributed by atoms with Crippen LogP contribution in [0, 0.1) is 0 Å². The van der Waals surface area contributed by atoms with Gasteiger partial charge in [-0.15, -0.1) is 0 Å². The summed E-state index contributed by atoms with van der Waals surface area (Å²) in [6, 6.07) is -5.14. The molecule has 0 N–H and O–H groups in total. The molecule has 0 saturated heterocycles. The lowest BCUT2D eigenvalue weighted by molar-refractivity contribution is -0.434. The van der Waals surface area contributed by atoms with Crippen molar-refractivity contribution in [3.8, 4) is 0 Å². The van der Waals surface area contributed by atoms with E-state index in [1.165, 1.54) is 0 Å². The minimum Gasteiger partial charge on any atom is -0.319 e. The first-order valence-corrected chi connectivity index (χ1v) is 5.48. The number of hydrogen-bond acceptors (Lipinski definition) is 4. The van der Waals surface area contributed by atoms with Gasteiger partial charge >= 0.3 is 27.4 Å². The number of ether oxygens (including phenoxy) is 2. The Morgan fingerprint density at radius 1 is 1.06 bits per heavy atom. The molecule has 18 heavy (non-hydrogen) atoms. The second-order valence-electron chi connectivity index (χ2n) is 2.75. The summed E-state index contributed by atoms with van der Waals surface area (Å²) in [6.45, 7) is -2.50. The SMILES string of the molecule is CCOC(F)(OCF)C(F)(F)C(F)(F)S(=O)(=O)F. The van der Waals surface area contributed by atoms with Crippen molar-refractivity contribution < 1.29 is 48.1 Å². The smallest absolute Gasteiger partial charge is 0.319 e. The molecule has 0 aliphatic rings. The number of alkyl halides is 6. The molecule has 0 spiro atoms. The fraction of sp³-hybridized carbons (Fsp3) is 1.00. The molecule has 4 nitrogen and oxygen atoms in total. The van der Waals surface area contributed by atoms with E-state index < -0.39 is 40.9 Å². The van der Waals surface area contributed by atoms with Crippen LogP contribution in [0.4, 0.5) is 30.2 Å². The summed E-state index contributed by atoms with van der Waals surface area (Å²) in [5.41, 5.74) is 0. The summed E-state index contributed by atoms with van der Waals surface area (Å²) in [6.07, 6.45) is 0. The van der Waals surface area contributed by atoms with Crippen LogP contribution in [0.2, 0.25) is 0 Å². The molecule has 0 rings (SSSR count). The van der Waals surface area contributed by atoms with E-state index in [2.05, 4.69) is 9.47 Å². The van der Waals surface area contributed by atoms with Crippen LogP contribution in [-0.4, -0.2) is 39.1 Å². The Morgan fingerprint density at radius 2 is 1.50 bits per heavy atom. The summed E-state index contributed by atoms with van der Waals surface area (Å²) >= 11 is 0. The molecular weight excluding hydrogens is 301 g/mol. The van der Waals surface area contributed by atoms with Gasteiger partial charge in [-0.1, -0.05) is 3.89 Å². The van der Waals surface area contributed by atoms with Crippen LogP contribution in [0.3, 0.4) is 0 Å². The zero-order chi connectivity index (χ0) is 14.8. The fourth-order valence-electron chi connectivity index (χ4n) is 0.806. The summed E-state index contributed by atoms with van der Waals surface area (Å²) in [7, 11) is -7.19. The number of halogens is 7. The van der Waals surface area contributed by atoms with Gasteiger partial charge in [-0.25, -0.2) is 4.39 Å². The van der Waals surface area contributed by atoms with Gasteiger partial charge in [0.05, 0.1) is 6.61 Å². The largest absolute Gasteiger partial charge is 0.445 e. The van der Waals surface area contributed by atoms with Crippen LogP contribution in [0.15, 0.2) is 0 Å². The van der Waals surface area contributed by atoms with Crippen molar-refractivity contribution in [2.45, 2.75) is 24.1 Å². The average molecular weight is 308 g/mol. The molecule has 1 atom stereocenters. The van der Waals surface area contributed by atoms with E-state index in [-0.39, 0.29) is 0 Å². The minimum atomic E-state index is -7.19. The highest BCUT2D eigenvalue weighted by atomic mass is 32.3. The first-order chi connectivity index (χ1) is 7.87. The van der Waals surface area contributed by atoms with E-state index >= 15 is 0 Å². The maximum absolute atomic E-state index is 13.3. The van der Waals surface area contributed by atoms with Crippen molar-refractivity contribution in [3.63, 3.8) is 0 Å². The molecule has 0 heterocycles. The Kier molecular flexibility index (Phi) is 4.99. The maximum atomic E-state index is 13.3. The van der Waals surface area contributed by atoms with E-state index in [0.717, 1.165) is 6.92 Å². The highest BCUT2D eigenvalue weighted by Gasteiger charge is 2.79. The molecule has 0 saturated carbocycles. The van der Waals surface area contributed by atoms with Crippen LogP contribution in [0.1, 0.15) is 6.92 Å². The lowest BCUT2D eigenvalue weighted by Gasteiger charge is -2.33. The molecule has 110 valence electrons. The summed E-state index contributed by atoms with van der Waals surface area (Å²) in [5.74, 6) is -6.31. The molecular formula is C6H7F7O4S. The van der Waals surface area contributed by atoms with Gasteiger partial charge in [0.15, 0.2) is 6.86 Å². The predicted octanol–water partition coefficient (Wildman–Crippen LogP) is 2.12. The normalized spacial score (nSPS) is 17.6. The predicted molar refractivity (Wildman–Crippen MR) is 42.4 cm³/mol. The van der Waals surface area contributed by atoms with Crippen molar-refractivity contribution in [2.75, 3.05) is 13.5 Å². The third kappa shape index (κ3) is 2.69. The fourth-order valence-corrected chi connectivity index (χ4v) is 1.23. The van der Waals surface area contributed by atoms with Gasteiger partial charge in [-0.2, -0.15) is 30.4 Å². The summed E-state index contributed by atoms with van der Waals surface area (Å²) < 4.78 is 114. The van der Waals surface area contributed by atoms with E-state index in [1.54, 1.807) is 0 Å². The molecule has 0 aliphatic heterocycles. The van der Waals surface area contributed by atoms with Gasteiger partial charge in [-0.05, 0) is 6.92 Å². The van der Waals surface area contributed by atoms with E-state index in [0.29, 0.717) is 0 Å². The van der Waals surface area contributed by atoms with Crippen molar-refractivity contribution in [2.24, 2.45) is 0 Å². The Hall–Kier alpha value is -0.620. The van der Waals surface area contributed by atoms with Crippen LogP contribution >= 0.6 is 0 Å². The highest BCUT2D eigenvalue weighted by molar-refractivity contribution is 7.87. The van der Waals surface area contributed by atoms with Crippen molar-refractivity contribution in [3.05, 3.63) is 0 Å². The first-order valence-electron chi connectivity index (χ1n) is 4.10. The third-order valence-corrected chi connectivity index (χ3v) is 2.49. The molecule has 12 heteroatoms. The third-order valence-electron chi connectivity index (χ3n) is 1.62. The van der Waals surface area contributed by atoms with Gasteiger partial charge in [0.2, 0.25) is 0 Å². The molecule has 0 aromatic heterocycles. The van der Waals surface area contributed by atoms with Crippen LogP contribution in [0.5, 0.6) is 0 Å². The van der Waals surface area contributed by atoms with Crippen molar-refractivity contribution in [1.82, 2.24) is 0 Å². The minimum absolute atomic E-state index is 0.841.